The van der Waals surface area contributed by atoms with E-state index in [1.807, 2.05) is 6.92 Å². The van der Waals surface area contributed by atoms with Crippen LogP contribution >= 0.6 is 0 Å². The average Bonchev–Trinajstić information content (AvgIpc) is 2.64. The SMILES string of the molecule is Cc1cnc2c(c1)N1CCC(C1)N2C(N)=O. The molecule has 0 radical (unpaired) electrons. The first-order chi connectivity index (χ1) is 7.66. The number of hydrogen-bond donors (Lipinski definition) is 1. The Bertz CT molecular complexity index is 459. The molecule has 0 aliphatic carbocycles. The number of amides is 2. The molecule has 3 heterocycles. The van der Waals surface area contributed by atoms with Crippen LogP contribution in [-0.4, -0.2) is 30.1 Å². The summed E-state index contributed by atoms with van der Waals surface area (Å²) in [6.45, 7) is 3.86. The molecule has 1 saturated heterocycles. The summed E-state index contributed by atoms with van der Waals surface area (Å²) >= 11 is 0. The van der Waals surface area contributed by atoms with Crippen LogP contribution in [0, 0.1) is 6.92 Å². The summed E-state index contributed by atoms with van der Waals surface area (Å²) in [5, 5.41) is 0. The lowest BCUT2D eigenvalue weighted by molar-refractivity contribution is 0.252. The van der Waals surface area contributed by atoms with Gasteiger partial charge in [0.25, 0.3) is 0 Å². The number of aromatic nitrogens is 1. The van der Waals surface area contributed by atoms with Crippen LogP contribution in [0.4, 0.5) is 16.3 Å². The Kier molecular flexibility index (Phi) is 1.83. The molecular weight excluding hydrogens is 204 g/mol. The van der Waals surface area contributed by atoms with E-state index in [9.17, 15) is 4.79 Å². The third-order valence-electron chi connectivity index (χ3n) is 3.32. The predicted octanol–water partition coefficient (Wildman–Crippen LogP) is 0.867. The molecule has 1 unspecified atom stereocenters. The van der Waals surface area contributed by atoms with Gasteiger partial charge in [0.05, 0.1) is 11.7 Å². The molecule has 0 saturated carbocycles. The van der Waals surface area contributed by atoms with Gasteiger partial charge in [-0.15, -0.1) is 0 Å². The van der Waals surface area contributed by atoms with E-state index in [0.29, 0.717) is 5.82 Å². The minimum atomic E-state index is -0.399. The number of urea groups is 1. The normalized spacial score (nSPS) is 22.2. The number of primary amides is 1. The second-order valence-corrected chi connectivity index (χ2v) is 4.45. The van der Waals surface area contributed by atoms with Crippen molar-refractivity contribution in [3.05, 3.63) is 17.8 Å². The maximum Gasteiger partial charge on any atom is 0.320 e. The third kappa shape index (κ3) is 1.17. The molecule has 1 aromatic rings. The van der Waals surface area contributed by atoms with E-state index in [1.165, 1.54) is 0 Å². The summed E-state index contributed by atoms with van der Waals surface area (Å²) in [6.07, 6.45) is 2.75. The topological polar surface area (TPSA) is 62.5 Å². The molecule has 0 spiro atoms. The fraction of sp³-hybridized carbons (Fsp3) is 0.455. The van der Waals surface area contributed by atoms with Crippen molar-refractivity contribution in [3.8, 4) is 0 Å². The molecule has 2 amide bonds. The number of carbonyl (C=O) groups is 1. The van der Waals surface area contributed by atoms with Gasteiger partial charge in [-0.05, 0) is 25.0 Å². The first-order valence-electron chi connectivity index (χ1n) is 5.47. The lowest BCUT2D eigenvalue weighted by Gasteiger charge is -2.34. The lowest BCUT2D eigenvalue weighted by atomic mass is 10.1. The molecule has 2 aliphatic rings. The molecule has 84 valence electrons. The van der Waals surface area contributed by atoms with Crippen LogP contribution in [0.1, 0.15) is 12.0 Å². The molecule has 3 rings (SSSR count). The highest BCUT2D eigenvalue weighted by Crippen LogP contribution is 2.38. The van der Waals surface area contributed by atoms with Crippen LogP contribution in [-0.2, 0) is 0 Å². The standard InChI is InChI=1S/C11H14N4O/c1-7-4-9-10(13-5-7)15(11(12)16)8-2-3-14(9)6-8/h4-5,8H,2-3,6H2,1H3,(H2,12,16). The monoisotopic (exact) mass is 218 g/mol. The van der Waals surface area contributed by atoms with Crippen LogP contribution in [0.5, 0.6) is 0 Å². The Morgan fingerprint density at radius 2 is 2.44 bits per heavy atom. The van der Waals surface area contributed by atoms with Gasteiger partial charge in [-0.2, -0.15) is 0 Å². The van der Waals surface area contributed by atoms with Crippen LogP contribution in [0.3, 0.4) is 0 Å². The molecule has 1 aromatic heterocycles. The van der Waals surface area contributed by atoms with Crippen molar-refractivity contribution in [3.63, 3.8) is 0 Å². The minimum Gasteiger partial charge on any atom is -0.366 e. The Hall–Kier alpha value is -1.78. The Labute approximate surface area is 93.9 Å². The van der Waals surface area contributed by atoms with Gasteiger partial charge in [-0.25, -0.2) is 9.78 Å². The van der Waals surface area contributed by atoms with Crippen molar-refractivity contribution >= 4 is 17.5 Å². The Morgan fingerprint density at radius 1 is 1.62 bits per heavy atom. The molecule has 5 nitrogen and oxygen atoms in total. The number of nitrogens with zero attached hydrogens (tertiary/aromatic N) is 3. The quantitative estimate of drug-likeness (QED) is 0.702. The third-order valence-corrected chi connectivity index (χ3v) is 3.32. The summed E-state index contributed by atoms with van der Waals surface area (Å²) in [4.78, 5) is 19.7. The molecular formula is C11H14N4O. The van der Waals surface area contributed by atoms with Gasteiger partial charge in [0, 0.05) is 19.3 Å². The minimum absolute atomic E-state index is 0.195. The van der Waals surface area contributed by atoms with Crippen molar-refractivity contribution in [2.24, 2.45) is 5.73 Å². The summed E-state index contributed by atoms with van der Waals surface area (Å²) in [5.74, 6) is 0.715. The first-order valence-corrected chi connectivity index (χ1v) is 5.47. The predicted molar refractivity (Wildman–Crippen MR) is 61.7 cm³/mol. The van der Waals surface area contributed by atoms with Gasteiger partial charge in [0.2, 0.25) is 0 Å². The Balaban J connectivity index is 2.16. The van der Waals surface area contributed by atoms with Crippen molar-refractivity contribution in [1.82, 2.24) is 4.98 Å². The zero-order valence-electron chi connectivity index (χ0n) is 9.18. The highest BCUT2D eigenvalue weighted by molar-refractivity contribution is 5.95. The zero-order chi connectivity index (χ0) is 11.3. The van der Waals surface area contributed by atoms with E-state index >= 15 is 0 Å². The van der Waals surface area contributed by atoms with Gasteiger partial charge in [0.15, 0.2) is 5.82 Å². The number of pyridine rings is 1. The van der Waals surface area contributed by atoms with Gasteiger partial charge < -0.3 is 10.6 Å². The number of nitrogens with two attached hydrogens (primary N) is 1. The van der Waals surface area contributed by atoms with E-state index in [1.54, 1.807) is 11.1 Å². The van der Waals surface area contributed by atoms with Gasteiger partial charge >= 0.3 is 6.03 Å². The summed E-state index contributed by atoms with van der Waals surface area (Å²) in [5.41, 5.74) is 7.57. The fourth-order valence-corrected chi connectivity index (χ4v) is 2.59. The maximum atomic E-state index is 11.5. The average molecular weight is 218 g/mol. The number of anilines is 2. The smallest absolute Gasteiger partial charge is 0.320 e. The second-order valence-electron chi connectivity index (χ2n) is 4.45. The van der Waals surface area contributed by atoms with Crippen LogP contribution < -0.4 is 15.5 Å². The number of carbonyl (C=O) groups excluding carboxylic acids is 1. The van der Waals surface area contributed by atoms with Crippen LogP contribution in [0.15, 0.2) is 12.3 Å². The maximum absolute atomic E-state index is 11.5. The van der Waals surface area contributed by atoms with E-state index in [0.717, 1.165) is 30.8 Å². The molecule has 2 N–H and O–H groups in total. The summed E-state index contributed by atoms with van der Waals surface area (Å²) in [6, 6.07) is 1.86. The summed E-state index contributed by atoms with van der Waals surface area (Å²) < 4.78 is 0. The number of hydrogen-bond acceptors (Lipinski definition) is 3. The van der Waals surface area contributed by atoms with Crippen molar-refractivity contribution in [2.45, 2.75) is 19.4 Å². The fourth-order valence-electron chi connectivity index (χ4n) is 2.59. The Morgan fingerprint density at radius 3 is 3.19 bits per heavy atom. The highest BCUT2D eigenvalue weighted by Gasteiger charge is 2.39. The van der Waals surface area contributed by atoms with Crippen LogP contribution in [0.25, 0.3) is 0 Å². The molecule has 5 heteroatoms. The molecule has 0 aromatic carbocycles. The van der Waals surface area contributed by atoms with E-state index < -0.39 is 6.03 Å². The molecule has 2 aliphatic heterocycles. The van der Waals surface area contributed by atoms with Crippen molar-refractivity contribution in [2.75, 3.05) is 22.9 Å². The highest BCUT2D eigenvalue weighted by atomic mass is 16.2. The molecule has 1 atom stereocenters. The van der Waals surface area contributed by atoms with Crippen LogP contribution in [0.2, 0.25) is 0 Å². The lowest BCUT2D eigenvalue weighted by Crippen LogP contribution is -2.48. The summed E-state index contributed by atoms with van der Waals surface area (Å²) in [7, 11) is 0. The molecule has 2 bridgehead atoms. The first kappa shape index (κ1) is 9.45. The largest absolute Gasteiger partial charge is 0.366 e. The van der Waals surface area contributed by atoms with E-state index in [2.05, 4.69) is 16.0 Å². The van der Waals surface area contributed by atoms with E-state index in [-0.39, 0.29) is 6.04 Å². The van der Waals surface area contributed by atoms with Crippen molar-refractivity contribution in [1.29, 1.82) is 0 Å². The van der Waals surface area contributed by atoms with Gasteiger partial charge in [-0.3, -0.25) is 4.90 Å². The number of fused-ring (bicyclic) bond motifs is 4. The molecule has 1 fully saturated rings. The van der Waals surface area contributed by atoms with Gasteiger partial charge in [-0.1, -0.05) is 0 Å². The zero-order valence-corrected chi connectivity index (χ0v) is 9.18. The van der Waals surface area contributed by atoms with Gasteiger partial charge in [0.1, 0.15) is 0 Å². The van der Waals surface area contributed by atoms with Crippen molar-refractivity contribution < 1.29 is 4.79 Å². The molecule has 16 heavy (non-hydrogen) atoms. The number of aryl methyl sites for hydroxylation is 1. The van der Waals surface area contributed by atoms with E-state index in [4.69, 9.17) is 5.73 Å². The second kappa shape index (κ2) is 3.10. The number of rotatable bonds is 0.